The number of alkyl halides is 3. The molecule has 0 bridgehead atoms. The first-order chi connectivity index (χ1) is 13.4. The van der Waals surface area contributed by atoms with Crippen molar-refractivity contribution in [3.63, 3.8) is 0 Å². The summed E-state index contributed by atoms with van der Waals surface area (Å²) >= 11 is 18.3. The summed E-state index contributed by atoms with van der Waals surface area (Å²) in [5.74, 6) is -1.46. The smallest absolute Gasteiger partial charge is 0.348 e. The van der Waals surface area contributed by atoms with Gasteiger partial charge in [-0.15, -0.1) is 0 Å². The van der Waals surface area contributed by atoms with Gasteiger partial charge in [0.15, 0.2) is 0 Å². The van der Waals surface area contributed by atoms with Crippen LogP contribution in [-0.4, -0.2) is 74.6 Å². The van der Waals surface area contributed by atoms with E-state index in [0.29, 0.717) is 12.1 Å². The van der Waals surface area contributed by atoms with Crippen LogP contribution < -0.4 is 5.11 Å². The summed E-state index contributed by atoms with van der Waals surface area (Å²) in [6.07, 6.45) is 0. The molecule has 0 N–H and O–H groups in total. The minimum Gasteiger partial charge on any atom is -0.863 e. The van der Waals surface area contributed by atoms with Gasteiger partial charge in [-0.25, -0.2) is 0 Å². The highest BCUT2D eigenvalue weighted by molar-refractivity contribution is 7.76. The van der Waals surface area contributed by atoms with Crippen molar-refractivity contribution in [2.45, 2.75) is 3.53 Å². The number of rotatable bonds is 6. The van der Waals surface area contributed by atoms with E-state index in [2.05, 4.69) is 0 Å². The first kappa shape index (κ1) is 28.4. The maximum atomic E-state index is 11.1. The van der Waals surface area contributed by atoms with Gasteiger partial charge >= 0.3 is 3.53 Å². The fourth-order valence-corrected chi connectivity index (χ4v) is 10.3. The highest BCUT2D eigenvalue weighted by Crippen LogP contribution is 2.77. The number of nitrogens with zero attached hydrogens (tertiary/aromatic N) is 6. The van der Waals surface area contributed by atoms with Gasteiger partial charge in [0.1, 0.15) is 0 Å². The Kier molecular flexibility index (Phi) is 10.1. The Morgan fingerprint density at radius 1 is 0.767 bits per heavy atom. The first-order valence-electron chi connectivity index (χ1n) is 7.70. The lowest BCUT2D eigenvalue weighted by atomic mass is 10.2. The largest absolute Gasteiger partial charge is 0.863 e. The van der Waals surface area contributed by atoms with E-state index in [4.69, 9.17) is 34.8 Å². The summed E-state index contributed by atoms with van der Waals surface area (Å²) in [5.41, 5.74) is -3.26. The number of non-ortho nitro benzene ring substituents is 1. The van der Waals surface area contributed by atoms with Crippen LogP contribution >= 0.6 is 42.5 Å². The average Bonchev–Trinajstić information content (AvgIpc) is 2.52. The normalized spacial score (nSPS) is 12.0. The minimum absolute atomic E-state index is 0.384. The quantitative estimate of drug-likeness (QED) is 0.241. The number of nitro benzene ring substituents is 3. The summed E-state index contributed by atoms with van der Waals surface area (Å²) in [6.45, 7) is 0. The highest BCUT2D eigenvalue weighted by Gasteiger charge is 2.64. The average molecular weight is 510 g/mol. The van der Waals surface area contributed by atoms with Crippen molar-refractivity contribution in [3.8, 4) is 5.75 Å². The van der Waals surface area contributed by atoms with E-state index in [0.717, 1.165) is 0 Å². The van der Waals surface area contributed by atoms with Gasteiger partial charge in [0.25, 0.3) is 24.8 Å². The van der Waals surface area contributed by atoms with E-state index in [1.807, 2.05) is 56.3 Å². The summed E-state index contributed by atoms with van der Waals surface area (Å²) in [5, 5.41) is 42.1. The number of hydrogen-bond acceptors (Lipinski definition) is 10. The molecular weight excluding hydrogens is 490 g/mol. The Hall–Kier alpha value is -1.60. The van der Waals surface area contributed by atoms with Crippen molar-refractivity contribution in [1.29, 1.82) is 0 Å². The Morgan fingerprint density at radius 3 is 1.20 bits per heavy atom. The van der Waals surface area contributed by atoms with Gasteiger partial charge < -0.3 is 5.11 Å². The second kappa shape index (κ2) is 10.6. The van der Waals surface area contributed by atoms with E-state index in [1.165, 1.54) is 0 Å². The maximum absolute atomic E-state index is 11.1. The van der Waals surface area contributed by atoms with Crippen LogP contribution in [0.4, 0.5) is 17.1 Å². The van der Waals surface area contributed by atoms with Crippen LogP contribution in [0.1, 0.15) is 0 Å². The van der Waals surface area contributed by atoms with Crippen LogP contribution in [0.15, 0.2) is 12.1 Å². The molecule has 0 amide bonds. The second-order valence-corrected chi connectivity index (χ2v) is 13.4. The summed E-state index contributed by atoms with van der Waals surface area (Å²) in [4.78, 5) is 27.5. The molecule has 13 nitrogen and oxygen atoms in total. The minimum atomic E-state index is -2.10. The van der Waals surface area contributed by atoms with Crippen molar-refractivity contribution in [2.75, 3.05) is 42.3 Å². The zero-order valence-electron chi connectivity index (χ0n) is 16.8. The lowest BCUT2D eigenvalue weighted by Gasteiger charge is -2.43. The van der Waals surface area contributed by atoms with Crippen molar-refractivity contribution >= 4 is 59.6 Å². The zero-order chi connectivity index (χ0) is 24.2. The van der Waals surface area contributed by atoms with Gasteiger partial charge in [-0.2, -0.15) is 14.0 Å². The molecule has 17 heteroatoms. The Bertz CT molecular complexity index is 762. The molecule has 170 valence electrons. The molecule has 0 aliphatic rings. The van der Waals surface area contributed by atoms with E-state index in [1.54, 1.807) is 0 Å². The molecule has 0 fully saturated rings. The molecule has 0 spiro atoms. The van der Waals surface area contributed by atoms with Gasteiger partial charge in [-0.3, -0.25) is 30.3 Å². The van der Waals surface area contributed by atoms with Crippen LogP contribution in [0.2, 0.25) is 0 Å². The number of hydrogen-bond donors (Lipinski definition) is 0. The van der Waals surface area contributed by atoms with E-state index < -0.39 is 48.8 Å². The Morgan fingerprint density at radius 2 is 1.07 bits per heavy atom. The van der Waals surface area contributed by atoms with Crippen molar-refractivity contribution in [2.24, 2.45) is 0 Å². The van der Waals surface area contributed by atoms with Crippen molar-refractivity contribution in [1.82, 2.24) is 14.0 Å². The molecule has 1 rings (SSSR count). The number of benzene rings is 1. The van der Waals surface area contributed by atoms with Gasteiger partial charge in [-0.05, 0) is 34.8 Å². The molecule has 1 aromatic carbocycles. The molecule has 0 aromatic heterocycles. The highest BCUT2D eigenvalue weighted by atomic mass is 35.6. The Labute approximate surface area is 187 Å². The molecule has 0 aliphatic heterocycles. The Balaban J connectivity index is 0.000000567. The molecule has 0 saturated carbocycles. The van der Waals surface area contributed by atoms with E-state index in [9.17, 15) is 35.4 Å². The number of nitro groups is 3. The molecule has 0 radical (unpaired) electrons. The summed E-state index contributed by atoms with van der Waals surface area (Å²) in [7, 11) is 9.46. The van der Waals surface area contributed by atoms with E-state index in [-0.39, 0.29) is 0 Å². The van der Waals surface area contributed by atoms with Gasteiger partial charge in [-0.1, -0.05) is 0 Å². The molecule has 1 aromatic rings. The van der Waals surface area contributed by atoms with Crippen molar-refractivity contribution < 1.29 is 19.9 Å². The van der Waals surface area contributed by atoms with Crippen LogP contribution in [0.3, 0.4) is 0 Å². The maximum Gasteiger partial charge on any atom is 0.348 e. The number of halogens is 3. The third-order valence-electron chi connectivity index (χ3n) is 3.65. The zero-order valence-corrected chi connectivity index (χ0v) is 19.9. The third kappa shape index (κ3) is 5.97. The second-order valence-electron chi connectivity index (χ2n) is 6.16. The SMILES string of the molecule is CN(C)[P+](N(C)C)(N(C)C)C(Cl)(Cl)Cl.O=[N+]([O-])c1cc([N+](=O)[O-])c([O-])c([N+](=O)[O-])c1. The topological polar surface area (TPSA) is 162 Å². The predicted octanol–water partition coefficient (Wildman–Crippen LogP) is 3.25. The van der Waals surface area contributed by atoms with Crippen LogP contribution in [0.25, 0.3) is 0 Å². The van der Waals surface area contributed by atoms with Crippen LogP contribution in [-0.2, 0) is 0 Å². The van der Waals surface area contributed by atoms with Crippen LogP contribution in [0, 0.1) is 30.3 Å². The molecule has 0 saturated heterocycles. The molecule has 30 heavy (non-hydrogen) atoms. The summed E-state index contributed by atoms with van der Waals surface area (Å²) < 4.78 is 4.64. The van der Waals surface area contributed by atoms with E-state index >= 15 is 0 Å². The van der Waals surface area contributed by atoms with Gasteiger partial charge in [0.05, 0.1) is 32.7 Å². The first-order valence-corrected chi connectivity index (χ1v) is 10.5. The third-order valence-corrected chi connectivity index (χ3v) is 9.72. The lowest BCUT2D eigenvalue weighted by Crippen LogP contribution is -2.42. The molecule has 0 atom stereocenters. The standard InChI is InChI=1S/C7H18Cl3N3P.C6H3N3O7/c1-11(2)14(12(3)4,13(5)6)7(8,9)10;10-6-4(8(13)14)1-3(7(11)12)2-5(6)9(15)16/h1-6H3;1-2,10H/q+1;/p-1. The lowest BCUT2D eigenvalue weighted by molar-refractivity contribution is -0.420. The fraction of sp³-hybridized carbons (Fsp3) is 0.538. The van der Waals surface area contributed by atoms with Gasteiger partial charge in [0, 0.05) is 42.3 Å². The molecule has 0 heterocycles. The predicted molar refractivity (Wildman–Crippen MR) is 114 cm³/mol. The monoisotopic (exact) mass is 508 g/mol. The molecule has 0 unspecified atom stereocenters. The fourth-order valence-electron chi connectivity index (χ4n) is 2.71. The van der Waals surface area contributed by atoms with Crippen LogP contribution in [0.5, 0.6) is 5.75 Å². The van der Waals surface area contributed by atoms with Gasteiger partial charge in [0.2, 0.25) is 0 Å². The molecule has 0 aliphatic carbocycles. The summed E-state index contributed by atoms with van der Waals surface area (Å²) in [6, 6.07) is 0.769. The molecular formula is C13H20Cl3N6O7P. The van der Waals surface area contributed by atoms with Crippen molar-refractivity contribution in [3.05, 3.63) is 42.5 Å².